The summed E-state index contributed by atoms with van der Waals surface area (Å²) in [6, 6.07) is 11.1. The van der Waals surface area contributed by atoms with Crippen molar-refractivity contribution in [1.29, 1.82) is 0 Å². The van der Waals surface area contributed by atoms with Gasteiger partial charge >= 0.3 is 5.97 Å². The van der Waals surface area contributed by atoms with Crippen LogP contribution < -0.4 is 5.73 Å². The van der Waals surface area contributed by atoms with Crippen molar-refractivity contribution < 1.29 is 14.7 Å². The molecule has 2 aromatic heterocycles. The van der Waals surface area contributed by atoms with Crippen molar-refractivity contribution in [2.45, 2.75) is 0 Å². The zero-order valence-corrected chi connectivity index (χ0v) is 12.4. The van der Waals surface area contributed by atoms with Gasteiger partial charge in [-0.1, -0.05) is 12.1 Å². The van der Waals surface area contributed by atoms with E-state index in [2.05, 4.69) is 15.0 Å². The molecule has 0 saturated carbocycles. The Hall–Kier alpha value is -3.61. The smallest absolute Gasteiger partial charge is 0.335 e. The first-order valence-electron chi connectivity index (χ1n) is 6.97. The summed E-state index contributed by atoms with van der Waals surface area (Å²) < 4.78 is 0. The lowest BCUT2D eigenvalue weighted by molar-refractivity contribution is 0.0696. The van der Waals surface area contributed by atoms with Crippen LogP contribution in [0.1, 0.15) is 20.7 Å². The third-order valence-corrected chi connectivity index (χ3v) is 3.35. The number of aromatic nitrogens is 3. The number of hydrogen-bond donors (Lipinski definition) is 2. The van der Waals surface area contributed by atoms with Crippen molar-refractivity contribution in [1.82, 2.24) is 15.0 Å². The Bertz CT molecular complexity index is 923. The van der Waals surface area contributed by atoms with E-state index in [9.17, 15) is 9.59 Å². The SMILES string of the molecule is NC(=O)c1ccc(-c2nccc(-c3cc(C(=O)O)ccn3)n2)cc1. The first kappa shape index (κ1) is 15.3. The average molecular weight is 320 g/mol. The lowest BCUT2D eigenvalue weighted by Gasteiger charge is -2.05. The summed E-state index contributed by atoms with van der Waals surface area (Å²) in [5.41, 5.74) is 7.38. The molecule has 0 fully saturated rings. The average Bonchev–Trinajstić information content (AvgIpc) is 2.62. The van der Waals surface area contributed by atoms with Gasteiger partial charge < -0.3 is 10.8 Å². The van der Waals surface area contributed by atoms with Gasteiger partial charge in [-0.2, -0.15) is 0 Å². The zero-order chi connectivity index (χ0) is 17.1. The molecule has 0 saturated heterocycles. The van der Waals surface area contributed by atoms with Gasteiger partial charge in [-0.15, -0.1) is 0 Å². The molecule has 7 nitrogen and oxygen atoms in total. The molecular formula is C17H12N4O3. The van der Waals surface area contributed by atoms with Crippen molar-refractivity contribution in [2.24, 2.45) is 5.73 Å². The highest BCUT2D eigenvalue weighted by molar-refractivity contribution is 5.93. The zero-order valence-electron chi connectivity index (χ0n) is 12.4. The molecule has 0 aliphatic heterocycles. The van der Waals surface area contributed by atoms with Gasteiger partial charge in [-0.05, 0) is 30.3 Å². The topological polar surface area (TPSA) is 119 Å². The number of hydrogen-bond acceptors (Lipinski definition) is 5. The van der Waals surface area contributed by atoms with Gasteiger partial charge in [0.25, 0.3) is 0 Å². The van der Waals surface area contributed by atoms with Crippen LogP contribution in [0.4, 0.5) is 0 Å². The molecule has 0 unspecified atom stereocenters. The highest BCUT2D eigenvalue weighted by Crippen LogP contribution is 2.20. The number of carboxylic acid groups (broad SMARTS) is 1. The third-order valence-electron chi connectivity index (χ3n) is 3.35. The van der Waals surface area contributed by atoms with E-state index in [-0.39, 0.29) is 5.56 Å². The normalized spacial score (nSPS) is 10.3. The van der Waals surface area contributed by atoms with Gasteiger partial charge in [-0.25, -0.2) is 14.8 Å². The van der Waals surface area contributed by atoms with Crippen LogP contribution in [-0.2, 0) is 0 Å². The Kier molecular flexibility index (Phi) is 3.98. The summed E-state index contributed by atoms with van der Waals surface area (Å²) in [5, 5.41) is 9.06. The summed E-state index contributed by atoms with van der Waals surface area (Å²) in [6.07, 6.45) is 2.98. The van der Waals surface area contributed by atoms with Crippen LogP contribution in [0.3, 0.4) is 0 Å². The molecule has 3 aromatic rings. The van der Waals surface area contributed by atoms with Crippen LogP contribution in [-0.4, -0.2) is 31.9 Å². The number of aromatic carboxylic acids is 1. The van der Waals surface area contributed by atoms with Crippen molar-refractivity contribution in [3.05, 3.63) is 66.0 Å². The van der Waals surface area contributed by atoms with Crippen molar-refractivity contribution in [2.75, 3.05) is 0 Å². The van der Waals surface area contributed by atoms with E-state index in [1.165, 1.54) is 18.3 Å². The summed E-state index contributed by atoms with van der Waals surface area (Å²) >= 11 is 0. The van der Waals surface area contributed by atoms with E-state index < -0.39 is 11.9 Å². The van der Waals surface area contributed by atoms with Crippen LogP contribution in [0.15, 0.2) is 54.9 Å². The van der Waals surface area contributed by atoms with Crippen LogP contribution in [0, 0.1) is 0 Å². The van der Waals surface area contributed by atoms with Gasteiger partial charge in [0.1, 0.15) is 0 Å². The first-order chi connectivity index (χ1) is 11.5. The van der Waals surface area contributed by atoms with E-state index in [0.717, 1.165) is 0 Å². The van der Waals surface area contributed by atoms with E-state index >= 15 is 0 Å². The maximum absolute atomic E-state index is 11.1. The highest BCUT2D eigenvalue weighted by Gasteiger charge is 2.09. The summed E-state index contributed by atoms with van der Waals surface area (Å²) in [6.45, 7) is 0. The van der Waals surface area contributed by atoms with Crippen LogP contribution in [0.2, 0.25) is 0 Å². The predicted octanol–water partition coefficient (Wildman–Crippen LogP) is 2.00. The van der Waals surface area contributed by atoms with Crippen LogP contribution in [0.25, 0.3) is 22.8 Å². The number of carboxylic acids is 1. The van der Waals surface area contributed by atoms with Gasteiger partial charge in [0.2, 0.25) is 5.91 Å². The van der Waals surface area contributed by atoms with E-state index in [1.807, 2.05) is 0 Å². The second kappa shape index (κ2) is 6.25. The predicted molar refractivity (Wildman–Crippen MR) is 86.2 cm³/mol. The molecule has 0 radical (unpaired) electrons. The number of rotatable bonds is 4. The van der Waals surface area contributed by atoms with Gasteiger partial charge in [-0.3, -0.25) is 9.78 Å². The fraction of sp³-hybridized carbons (Fsp3) is 0. The number of benzene rings is 1. The van der Waals surface area contributed by atoms with Gasteiger partial charge in [0, 0.05) is 23.5 Å². The summed E-state index contributed by atoms with van der Waals surface area (Å²) in [5.74, 6) is -1.10. The number of primary amides is 1. The molecule has 2 heterocycles. The van der Waals surface area contributed by atoms with E-state index in [0.29, 0.717) is 28.3 Å². The molecule has 24 heavy (non-hydrogen) atoms. The Morgan fingerprint density at radius 2 is 1.58 bits per heavy atom. The number of amides is 1. The van der Waals surface area contributed by atoms with Crippen LogP contribution in [0.5, 0.6) is 0 Å². The Labute approximate surface area is 136 Å². The van der Waals surface area contributed by atoms with Crippen molar-refractivity contribution >= 4 is 11.9 Å². The molecule has 118 valence electrons. The minimum Gasteiger partial charge on any atom is -0.478 e. The second-order valence-corrected chi connectivity index (χ2v) is 4.94. The largest absolute Gasteiger partial charge is 0.478 e. The quantitative estimate of drug-likeness (QED) is 0.759. The van der Waals surface area contributed by atoms with Gasteiger partial charge in [0.15, 0.2) is 5.82 Å². The number of nitrogens with two attached hydrogens (primary N) is 1. The number of nitrogens with zero attached hydrogens (tertiary/aromatic N) is 3. The maximum Gasteiger partial charge on any atom is 0.335 e. The standard InChI is InChI=1S/C17H12N4O3/c18-15(22)10-1-3-11(4-2-10)16-20-8-6-13(21-16)14-9-12(17(23)24)5-7-19-14/h1-9H,(H2,18,22)(H,23,24). The monoisotopic (exact) mass is 320 g/mol. The third kappa shape index (κ3) is 3.09. The summed E-state index contributed by atoms with van der Waals surface area (Å²) in [7, 11) is 0. The van der Waals surface area contributed by atoms with Gasteiger partial charge in [0.05, 0.1) is 17.0 Å². The second-order valence-electron chi connectivity index (χ2n) is 4.94. The fourth-order valence-corrected chi connectivity index (χ4v) is 2.13. The molecule has 1 amide bonds. The molecule has 0 atom stereocenters. The Balaban J connectivity index is 1.98. The van der Waals surface area contributed by atoms with E-state index in [4.69, 9.17) is 10.8 Å². The van der Waals surface area contributed by atoms with Crippen LogP contribution >= 0.6 is 0 Å². The fourth-order valence-electron chi connectivity index (χ4n) is 2.13. The number of pyridine rings is 1. The molecule has 3 rings (SSSR count). The van der Waals surface area contributed by atoms with Crippen molar-refractivity contribution in [3.8, 4) is 22.8 Å². The lowest BCUT2D eigenvalue weighted by Crippen LogP contribution is -2.10. The number of carbonyl (C=O) groups excluding carboxylic acids is 1. The molecule has 0 bridgehead atoms. The highest BCUT2D eigenvalue weighted by atomic mass is 16.4. The van der Waals surface area contributed by atoms with E-state index in [1.54, 1.807) is 36.5 Å². The van der Waals surface area contributed by atoms with Crippen molar-refractivity contribution in [3.63, 3.8) is 0 Å². The molecule has 0 aliphatic rings. The summed E-state index contributed by atoms with van der Waals surface area (Å²) in [4.78, 5) is 34.9. The molecule has 3 N–H and O–H groups in total. The Morgan fingerprint density at radius 3 is 2.25 bits per heavy atom. The minimum atomic E-state index is -1.03. The molecular weight excluding hydrogens is 308 g/mol. The molecule has 0 aliphatic carbocycles. The Morgan fingerprint density at radius 1 is 0.875 bits per heavy atom. The molecule has 7 heteroatoms. The maximum atomic E-state index is 11.1. The minimum absolute atomic E-state index is 0.131. The first-order valence-corrected chi connectivity index (χ1v) is 6.97. The lowest BCUT2D eigenvalue weighted by atomic mass is 10.1. The molecule has 0 spiro atoms. The number of carbonyl (C=O) groups is 2. The molecule has 1 aromatic carbocycles.